The fraction of sp³-hybridized carbons (Fsp3) is 0.455. The van der Waals surface area contributed by atoms with Gasteiger partial charge in [-0.2, -0.15) is 0 Å². The Morgan fingerprint density at radius 1 is 1.29 bits per heavy atom. The van der Waals surface area contributed by atoms with Crippen LogP contribution in [0.3, 0.4) is 0 Å². The first kappa shape index (κ1) is 10.2. The molecule has 0 amide bonds. The molecule has 2 rings (SSSR count). The summed E-state index contributed by atoms with van der Waals surface area (Å²) >= 11 is 2.34. The number of nitrogens with one attached hydrogen (secondary N) is 1. The predicted molar refractivity (Wildman–Crippen MR) is 66.4 cm³/mol. The molecule has 0 aliphatic carbocycles. The molecule has 14 heavy (non-hydrogen) atoms. The fourth-order valence-corrected chi connectivity index (χ4v) is 2.15. The van der Waals surface area contributed by atoms with Crippen molar-refractivity contribution in [1.82, 2.24) is 0 Å². The zero-order chi connectivity index (χ0) is 9.80. The van der Waals surface area contributed by atoms with Crippen LogP contribution in [0.2, 0.25) is 0 Å². The molecule has 1 aromatic carbocycles. The molecule has 1 saturated heterocycles. The Morgan fingerprint density at radius 3 is 2.86 bits per heavy atom. The van der Waals surface area contributed by atoms with E-state index in [4.69, 9.17) is 4.74 Å². The maximum absolute atomic E-state index is 5.62. The van der Waals surface area contributed by atoms with Crippen molar-refractivity contribution >= 4 is 28.3 Å². The number of benzene rings is 1. The van der Waals surface area contributed by atoms with Gasteiger partial charge in [-0.25, -0.2) is 0 Å². The number of hydrogen-bond acceptors (Lipinski definition) is 2. The Bertz CT molecular complexity index is 297. The number of para-hydroxylation sites is 1. The molecule has 0 aromatic heterocycles. The second kappa shape index (κ2) is 4.98. The van der Waals surface area contributed by atoms with Crippen molar-refractivity contribution in [3.63, 3.8) is 0 Å². The quantitative estimate of drug-likeness (QED) is 0.847. The largest absolute Gasteiger partial charge is 0.359 e. The molecule has 1 heterocycles. The highest BCUT2D eigenvalue weighted by Crippen LogP contribution is 2.21. The normalized spacial score (nSPS) is 21.9. The third kappa shape index (κ3) is 2.60. The molecule has 1 aliphatic rings. The topological polar surface area (TPSA) is 21.3 Å². The average Bonchev–Trinajstić information content (AvgIpc) is 2.23. The molecule has 2 nitrogen and oxygen atoms in total. The lowest BCUT2D eigenvalue weighted by Gasteiger charge is -2.24. The van der Waals surface area contributed by atoms with Crippen molar-refractivity contribution in [2.45, 2.75) is 25.5 Å². The van der Waals surface area contributed by atoms with Gasteiger partial charge >= 0.3 is 0 Å². The Labute approximate surface area is 98.2 Å². The van der Waals surface area contributed by atoms with Gasteiger partial charge in [0.1, 0.15) is 6.23 Å². The minimum absolute atomic E-state index is 0.208. The molecule has 1 aromatic rings. The summed E-state index contributed by atoms with van der Waals surface area (Å²) in [5.41, 5.74) is 1.18. The first-order valence-corrected chi connectivity index (χ1v) is 6.07. The minimum atomic E-state index is 0.208. The lowest BCUT2D eigenvalue weighted by molar-refractivity contribution is 0.0343. The van der Waals surface area contributed by atoms with Crippen LogP contribution in [-0.4, -0.2) is 12.8 Å². The van der Waals surface area contributed by atoms with Gasteiger partial charge in [0.25, 0.3) is 0 Å². The Hall–Kier alpha value is -0.290. The van der Waals surface area contributed by atoms with E-state index in [1.807, 2.05) is 6.07 Å². The molecule has 0 spiro atoms. The zero-order valence-corrected chi connectivity index (χ0v) is 10.2. The zero-order valence-electron chi connectivity index (χ0n) is 8.00. The van der Waals surface area contributed by atoms with Gasteiger partial charge < -0.3 is 10.1 Å². The minimum Gasteiger partial charge on any atom is -0.359 e. The summed E-state index contributed by atoms with van der Waals surface area (Å²) in [6.07, 6.45) is 3.79. The third-order valence-corrected chi connectivity index (χ3v) is 3.31. The number of anilines is 1. The number of ether oxygens (including phenoxy) is 1. The van der Waals surface area contributed by atoms with Crippen LogP contribution in [0.15, 0.2) is 24.3 Å². The SMILES string of the molecule is Ic1ccccc1NC1CCCCO1. The molecule has 1 unspecified atom stereocenters. The first-order chi connectivity index (χ1) is 6.86. The maximum atomic E-state index is 5.62. The van der Waals surface area contributed by atoms with Crippen LogP contribution >= 0.6 is 22.6 Å². The van der Waals surface area contributed by atoms with Gasteiger partial charge in [-0.15, -0.1) is 0 Å². The monoisotopic (exact) mass is 303 g/mol. The summed E-state index contributed by atoms with van der Waals surface area (Å²) in [7, 11) is 0. The van der Waals surface area contributed by atoms with Crippen molar-refractivity contribution in [2.24, 2.45) is 0 Å². The summed E-state index contributed by atoms with van der Waals surface area (Å²) in [6, 6.07) is 8.30. The number of hydrogen-bond donors (Lipinski definition) is 1. The van der Waals surface area contributed by atoms with E-state index in [9.17, 15) is 0 Å². The van der Waals surface area contributed by atoms with Gasteiger partial charge in [0.05, 0.1) is 0 Å². The van der Waals surface area contributed by atoms with E-state index in [1.165, 1.54) is 22.1 Å². The molecule has 0 bridgehead atoms. The summed E-state index contributed by atoms with van der Waals surface area (Å²) in [5, 5.41) is 3.42. The van der Waals surface area contributed by atoms with Gasteiger partial charge in [-0.05, 0) is 54.0 Å². The second-order valence-electron chi connectivity index (χ2n) is 3.48. The summed E-state index contributed by atoms with van der Waals surface area (Å²) in [6.45, 7) is 0.890. The van der Waals surface area contributed by atoms with E-state index in [0.29, 0.717) is 0 Å². The van der Waals surface area contributed by atoms with E-state index >= 15 is 0 Å². The maximum Gasteiger partial charge on any atom is 0.127 e. The van der Waals surface area contributed by atoms with Crippen LogP contribution < -0.4 is 5.32 Å². The van der Waals surface area contributed by atoms with Crippen molar-refractivity contribution in [3.8, 4) is 0 Å². The standard InChI is InChI=1S/C11H14INO/c12-9-5-1-2-6-10(9)13-11-7-3-4-8-14-11/h1-2,5-6,11,13H,3-4,7-8H2. The molecule has 3 heteroatoms. The molecular formula is C11H14INO. The van der Waals surface area contributed by atoms with Gasteiger partial charge in [-0.1, -0.05) is 12.1 Å². The van der Waals surface area contributed by atoms with E-state index < -0.39 is 0 Å². The van der Waals surface area contributed by atoms with Gasteiger partial charge in [-0.3, -0.25) is 0 Å². The van der Waals surface area contributed by atoms with Gasteiger partial charge in [0, 0.05) is 15.9 Å². The highest BCUT2D eigenvalue weighted by Gasteiger charge is 2.13. The van der Waals surface area contributed by atoms with Crippen LogP contribution in [0.25, 0.3) is 0 Å². The summed E-state index contributed by atoms with van der Waals surface area (Å²) < 4.78 is 6.87. The van der Waals surface area contributed by atoms with Crippen LogP contribution in [0.5, 0.6) is 0 Å². The van der Waals surface area contributed by atoms with Crippen LogP contribution in [-0.2, 0) is 4.74 Å². The van der Waals surface area contributed by atoms with Gasteiger partial charge in [0.15, 0.2) is 0 Å². The van der Waals surface area contributed by atoms with E-state index in [0.717, 1.165) is 13.0 Å². The van der Waals surface area contributed by atoms with Crippen molar-refractivity contribution in [1.29, 1.82) is 0 Å². The van der Waals surface area contributed by atoms with E-state index in [1.54, 1.807) is 0 Å². The number of halogens is 1. The van der Waals surface area contributed by atoms with E-state index in [2.05, 4.69) is 46.1 Å². The van der Waals surface area contributed by atoms with Gasteiger partial charge in [0.2, 0.25) is 0 Å². The first-order valence-electron chi connectivity index (χ1n) is 4.99. The average molecular weight is 303 g/mol. The lowest BCUT2D eigenvalue weighted by atomic mass is 10.2. The molecule has 76 valence electrons. The van der Waals surface area contributed by atoms with Crippen molar-refractivity contribution in [2.75, 3.05) is 11.9 Å². The van der Waals surface area contributed by atoms with Crippen molar-refractivity contribution < 1.29 is 4.74 Å². The second-order valence-corrected chi connectivity index (χ2v) is 4.64. The number of rotatable bonds is 2. The fourth-order valence-electron chi connectivity index (χ4n) is 1.61. The van der Waals surface area contributed by atoms with Crippen molar-refractivity contribution in [3.05, 3.63) is 27.8 Å². The predicted octanol–water partition coefficient (Wildman–Crippen LogP) is 3.23. The highest BCUT2D eigenvalue weighted by molar-refractivity contribution is 14.1. The summed E-state index contributed by atoms with van der Waals surface area (Å²) in [4.78, 5) is 0. The molecule has 1 aliphatic heterocycles. The Morgan fingerprint density at radius 2 is 2.14 bits per heavy atom. The van der Waals surface area contributed by atoms with Crippen LogP contribution in [0.1, 0.15) is 19.3 Å². The van der Waals surface area contributed by atoms with Crippen LogP contribution in [0, 0.1) is 3.57 Å². The highest BCUT2D eigenvalue weighted by atomic mass is 127. The molecule has 0 radical (unpaired) electrons. The van der Waals surface area contributed by atoms with Crippen LogP contribution in [0.4, 0.5) is 5.69 Å². The summed E-state index contributed by atoms with van der Waals surface area (Å²) in [5.74, 6) is 0. The Kier molecular flexibility index (Phi) is 3.64. The third-order valence-electron chi connectivity index (χ3n) is 2.37. The smallest absolute Gasteiger partial charge is 0.127 e. The molecule has 0 saturated carbocycles. The molecule has 1 atom stereocenters. The lowest BCUT2D eigenvalue weighted by Crippen LogP contribution is -2.27. The van der Waals surface area contributed by atoms with E-state index in [-0.39, 0.29) is 6.23 Å². The molecule has 1 fully saturated rings. The molecular weight excluding hydrogens is 289 g/mol. The molecule has 1 N–H and O–H groups in total. The Balaban J connectivity index is 1.99.